The minimum absolute atomic E-state index is 0.0383. The molecule has 5 heteroatoms. The van der Waals surface area contributed by atoms with Gasteiger partial charge in [0, 0.05) is 31.9 Å². The zero-order valence-corrected chi connectivity index (χ0v) is 15.3. The molecule has 0 atom stereocenters. The second kappa shape index (κ2) is 7.35. The van der Waals surface area contributed by atoms with Crippen molar-refractivity contribution in [1.82, 2.24) is 4.90 Å². The van der Waals surface area contributed by atoms with Crippen molar-refractivity contribution in [1.29, 1.82) is 5.26 Å². The maximum Gasteiger partial charge on any atom is 0.271 e. The molecule has 0 saturated heterocycles. The van der Waals surface area contributed by atoms with E-state index in [1.54, 1.807) is 13.0 Å². The molecule has 0 radical (unpaired) electrons. The number of hydrogen-bond acceptors (Lipinski definition) is 4. The van der Waals surface area contributed by atoms with Crippen LogP contribution in [0.1, 0.15) is 26.3 Å². The van der Waals surface area contributed by atoms with Crippen LogP contribution in [-0.2, 0) is 9.59 Å². The van der Waals surface area contributed by atoms with Gasteiger partial charge in [-0.2, -0.15) is 5.26 Å². The molecule has 1 aliphatic heterocycles. The van der Waals surface area contributed by atoms with Crippen LogP contribution in [0, 0.1) is 17.2 Å². The van der Waals surface area contributed by atoms with E-state index in [2.05, 4.69) is 0 Å². The van der Waals surface area contributed by atoms with Crippen molar-refractivity contribution in [2.24, 2.45) is 5.92 Å². The van der Waals surface area contributed by atoms with E-state index in [4.69, 9.17) is 0 Å². The SMILES string of the molecule is CC1=C(C#N)C(=O)N(CC(C)C)C(=O)/C1=C/c1ccc(N(C)C)cc1. The first-order chi connectivity index (χ1) is 11.8. The lowest BCUT2D eigenvalue weighted by Gasteiger charge is -2.28. The summed E-state index contributed by atoms with van der Waals surface area (Å²) >= 11 is 0. The van der Waals surface area contributed by atoms with Crippen molar-refractivity contribution in [3.05, 3.63) is 46.5 Å². The second-order valence-corrected chi connectivity index (χ2v) is 6.77. The third-order valence-electron chi connectivity index (χ3n) is 4.09. The summed E-state index contributed by atoms with van der Waals surface area (Å²) < 4.78 is 0. The number of amides is 2. The first kappa shape index (κ1) is 18.5. The first-order valence-corrected chi connectivity index (χ1v) is 8.22. The monoisotopic (exact) mass is 337 g/mol. The van der Waals surface area contributed by atoms with Gasteiger partial charge in [0.25, 0.3) is 11.8 Å². The molecule has 0 aromatic heterocycles. The van der Waals surface area contributed by atoms with Crippen LogP contribution in [0.2, 0.25) is 0 Å². The van der Waals surface area contributed by atoms with Crippen LogP contribution in [0.15, 0.2) is 41.0 Å². The number of carbonyl (C=O) groups is 2. The molecular weight excluding hydrogens is 314 g/mol. The van der Waals surface area contributed by atoms with Crippen molar-refractivity contribution in [3.8, 4) is 6.07 Å². The number of nitriles is 1. The molecule has 130 valence electrons. The van der Waals surface area contributed by atoms with Crippen molar-refractivity contribution in [2.75, 3.05) is 25.5 Å². The van der Waals surface area contributed by atoms with E-state index < -0.39 is 5.91 Å². The number of benzene rings is 1. The molecule has 0 fully saturated rings. The molecule has 0 N–H and O–H groups in total. The van der Waals surface area contributed by atoms with Gasteiger partial charge in [0.2, 0.25) is 0 Å². The lowest BCUT2D eigenvalue weighted by atomic mass is 9.93. The van der Waals surface area contributed by atoms with E-state index in [1.807, 2.05) is 63.2 Å². The predicted molar refractivity (Wildman–Crippen MR) is 98.6 cm³/mol. The van der Waals surface area contributed by atoms with Crippen LogP contribution < -0.4 is 4.90 Å². The number of hydrogen-bond donors (Lipinski definition) is 0. The van der Waals surface area contributed by atoms with E-state index in [0.29, 0.717) is 17.7 Å². The largest absolute Gasteiger partial charge is 0.378 e. The van der Waals surface area contributed by atoms with Crippen molar-refractivity contribution in [2.45, 2.75) is 20.8 Å². The number of nitrogens with zero attached hydrogens (tertiary/aromatic N) is 3. The fourth-order valence-corrected chi connectivity index (χ4v) is 2.70. The Morgan fingerprint density at radius 1 is 1.16 bits per heavy atom. The molecule has 5 nitrogen and oxygen atoms in total. The normalized spacial score (nSPS) is 16.7. The van der Waals surface area contributed by atoms with Gasteiger partial charge >= 0.3 is 0 Å². The maximum absolute atomic E-state index is 12.8. The summed E-state index contributed by atoms with van der Waals surface area (Å²) in [5.74, 6) is -0.711. The smallest absolute Gasteiger partial charge is 0.271 e. The molecule has 2 amide bonds. The Morgan fingerprint density at radius 3 is 2.24 bits per heavy atom. The second-order valence-electron chi connectivity index (χ2n) is 6.77. The standard InChI is InChI=1S/C20H23N3O2/c1-13(2)12-23-19(24)17(14(3)18(11-21)20(23)25)10-15-6-8-16(9-7-15)22(4)5/h6-10,13H,12H2,1-5H3/b17-10+. The molecular formula is C20H23N3O2. The van der Waals surface area contributed by atoms with Gasteiger partial charge in [0.15, 0.2) is 0 Å². The lowest BCUT2D eigenvalue weighted by molar-refractivity contribution is -0.141. The fraction of sp³-hybridized carbons (Fsp3) is 0.350. The number of imide groups is 1. The fourth-order valence-electron chi connectivity index (χ4n) is 2.70. The Balaban J connectivity index is 2.50. The van der Waals surface area contributed by atoms with E-state index in [1.165, 1.54) is 4.90 Å². The Hall–Kier alpha value is -2.87. The predicted octanol–water partition coefficient (Wildman–Crippen LogP) is 3.00. The van der Waals surface area contributed by atoms with Crippen molar-refractivity contribution in [3.63, 3.8) is 0 Å². The van der Waals surface area contributed by atoms with Crippen LogP contribution in [0.4, 0.5) is 5.69 Å². The molecule has 0 spiro atoms. The van der Waals surface area contributed by atoms with Gasteiger partial charge in [-0.1, -0.05) is 26.0 Å². The van der Waals surface area contributed by atoms with Gasteiger partial charge in [-0.3, -0.25) is 14.5 Å². The van der Waals surface area contributed by atoms with Crippen LogP contribution in [-0.4, -0.2) is 37.4 Å². The Kier molecular flexibility index (Phi) is 5.43. The Labute approximate surface area is 148 Å². The molecule has 1 aromatic carbocycles. The molecule has 0 bridgehead atoms. The topological polar surface area (TPSA) is 64.4 Å². The highest BCUT2D eigenvalue weighted by atomic mass is 16.2. The van der Waals surface area contributed by atoms with Crippen LogP contribution in [0.25, 0.3) is 6.08 Å². The summed E-state index contributed by atoms with van der Waals surface area (Å²) in [6, 6.07) is 9.70. The highest BCUT2D eigenvalue weighted by Crippen LogP contribution is 2.28. The molecule has 0 saturated carbocycles. The molecule has 1 aliphatic rings. The van der Waals surface area contributed by atoms with E-state index in [9.17, 15) is 14.9 Å². The summed E-state index contributed by atoms with van der Waals surface area (Å²) in [6.07, 6.45) is 1.74. The maximum atomic E-state index is 12.8. The van der Waals surface area contributed by atoms with Gasteiger partial charge < -0.3 is 4.90 Å². The van der Waals surface area contributed by atoms with Gasteiger partial charge in [-0.05, 0) is 42.2 Å². The first-order valence-electron chi connectivity index (χ1n) is 8.22. The number of rotatable bonds is 4. The van der Waals surface area contributed by atoms with E-state index >= 15 is 0 Å². The quantitative estimate of drug-likeness (QED) is 0.626. The Morgan fingerprint density at radius 2 is 1.76 bits per heavy atom. The number of carbonyl (C=O) groups excluding carboxylic acids is 2. The minimum Gasteiger partial charge on any atom is -0.378 e. The van der Waals surface area contributed by atoms with Gasteiger partial charge in [0.05, 0.1) is 0 Å². The van der Waals surface area contributed by atoms with E-state index in [0.717, 1.165) is 11.3 Å². The third-order valence-corrected chi connectivity index (χ3v) is 4.09. The molecule has 2 rings (SSSR count). The average Bonchev–Trinajstić information content (AvgIpc) is 2.56. The van der Waals surface area contributed by atoms with Crippen molar-refractivity contribution < 1.29 is 9.59 Å². The molecule has 0 unspecified atom stereocenters. The average molecular weight is 337 g/mol. The molecule has 1 aromatic rings. The van der Waals surface area contributed by atoms with E-state index in [-0.39, 0.29) is 17.4 Å². The van der Waals surface area contributed by atoms with Crippen LogP contribution in [0.3, 0.4) is 0 Å². The summed E-state index contributed by atoms with van der Waals surface area (Å²) in [4.78, 5) is 28.4. The summed E-state index contributed by atoms with van der Waals surface area (Å²) in [7, 11) is 3.92. The third kappa shape index (κ3) is 3.80. The van der Waals surface area contributed by atoms with Crippen molar-refractivity contribution >= 4 is 23.6 Å². The molecule has 1 heterocycles. The summed E-state index contributed by atoms with van der Waals surface area (Å²) in [6.45, 7) is 5.82. The molecule has 25 heavy (non-hydrogen) atoms. The number of anilines is 1. The van der Waals surface area contributed by atoms with Gasteiger partial charge in [-0.15, -0.1) is 0 Å². The highest BCUT2D eigenvalue weighted by molar-refractivity contribution is 6.19. The van der Waals surface area contributed by atoms with Gasteiger partial charge in [-0.25, -0.2) is 0 Å². The highest BCUT2D eigenvalue weighted by Gasteiger charge is 2.35. The zero-order chi connectivity index (χ0) is 18.7. The lowest BCUT2D eigenvalue weighted by Crippen LogP contribution is -2.44. The van der Waals surface area contributed by atoms with Crippen LogP contribution in [0.5, 0.6) is 0 Å². The summed E-state index contributed by atoms with van der Waals surface area (Å²) in [5, 5.41) is 9.35. The zero-order valence-electron chi connectivity index (χ0n) is 15.3. The van der Waals surface area contributed by atoms with Crippen LogP contribution >= 0.6 is 0 Å². The summed E-state index contributed by atoms with van der Waals surface area (Å²) in [5.41, 5.74) is 2.78. The van der Waals surface area contributed by atoms with Gasteiger partial charge in [0.1, 0.15) is 11.6 Å². The molecule has 0 aliphatic carbocycles. The Bertz CT molecular complexity index is 793. The minimum atomic E-state index is -0.501.